The molecule has 0 spiro atoms. The molecule has 1 aromatic heterocycles. The number of hydrogen-bond donors (Lipinski definition) is 2. The molecule has 1 heterocycles. The average molecular weight is 276 g/mol. The summed E-state index contributed by atoms with van der Waals surface area (Å²) in [5.74, 6) is 7.13. The van der Waals surface area contributed by atoms with Crippen LogP contribution in [-0.2, 0) is 0 Å². The van der Waals surface area contributed by atoms with Gasteiger partial charge in [-0.2, -0.15) is 0 Å². The van der Waals surface area contributed by atoms with Crippen molar-refractivity contribution in [1.29, 1.82) is 0 Å². The Bertz CT molecular complexity index is 519. The zero-order chi connectivity index (χ0) is 13.8. The minimum Gasteiger partial charge on any atom is -0.496 e. The lowest BCUT2D eigenvalue weighted by molar-refractivity contribution is 0.408. The van der Waals surface area contributed by atoms with E-state index in [1.54, 1.807) is 18.4 Å². The normalized spacial score (nSPS) is 12.7. The second kappa shape index (κ2) is 6.19. The Kier molecular flexibility index (Phi) is 4.58. The van der Waals surface area contributed by atoms with Gasteiger partial charge in [0.05, 0.1) is 18.0 Å². The average Bonchev–Trinajstić information content (AvgIpc) is 2.88. The molecule has 0 radical (unpaired) electrons. The van der Waals surface area contributed by atoms with E-state index in [9.17, 15) is 0 Å². The summed E-state index contributed by atoms with van der Waals surface area (Å²) in [6.07, 6.45) is 0. The van der Waals surface area contributed by atoms with E-state index < -0.39 is 0 Å². The predicted molar refractivity (Wildman–Crippen MR) is 80.6 cm³/mol. The van der Waals surface area contributed by atoms with Gasteiger partial charge in [-0.05, 0) is 28.5 Å². The highest BCUT2D eigenvalue weighted by atomic mass is 32.1. The third-order valence-electron chi connectivity index (χ3n) is 3.24. The van der Waals surface area contributed by atoms with Gasteiger partial charge in [0, 0.05) is 0 Å². The van der Waals surface area contributed by atoms with Gasteiger partial charge in [-0.3, -0.25) is 5.84 Å². The maximum atomic E-state index is 5.72. The molecule has 0 aliphatic rings. The van der Waals surface area contributed by atoms with Crippen LogP contribution in [0.4, 0.5) is 0 Å². The van der Waals surface area contributed by atoms with Crippen molar-refractivity contribution in [2.24, 2.45) is 5.84 Å². The molecule has 19 heavy (non-hydrogen) atoms. The van der Waals surface area contributed by atoms with Crippen molar-refractivity contribution in [3.05, 3.63) is 51.7 Å². The van der Waals surface area contributed by atoms with Gasteiger partial charge in [0.2, 0.25) is 0 Å². The van der Waals surface area contributed by atoms with E-state index in [1.165, 1.54) is 5.56 Å². The van der Waals surface area contributed by atoms with E-state index in [0.29, 0.717) is 5.92 Å². The number of rotatable bonds is 5. The fraction of sp³-hybridized carbons (Fsp3) is 0.333. The van der Waals surface area contributed by atoms with Crippen molar-refractivity contribution in [3.8, 4) is 5.75 Å². The number of hydrogen-bond acceptors (Lipinski definition) is 4. The maximum Gasteiger partial charge on any atom is 0.134 e. The molecule has 1 aromatic carbocycles. The van der Waals surface area contributed by atoms with Crippen molar-refractivity contribution in [2.75, 3.05) is 7.11 Å². The highest BCUT2D eigenvalue weighted by Gasteiger charge is 2.18. The second-order valence-corrected chi connectivity index (χ2v) is 5.72. The van der Waals surface area contributed by atoms with Crippen LogP contribution in [0.3, 0.4) is 0 Å². The molecule has 0 saturated heterocycles. The van der Waals surface area contributed by atoms with Crippen LogP contribution in [0.25, 0.3) is 0 Å². The molecular weight excluding hydrogens is 256 g/mol. The zero-order valence-electron chi connectivity index (χ0n) is 11.5. The highest BCUT2D eigenvalue weighted by molar-refractivity contribution is 7.10. The molecule has 2 rings (SSSR count). The van der Waals surface area contributed by atoms with E-state index >= 15 is 0 Å². The third-order valence-corrected chi connectivity index (χ3v) is 4.21. The van der Waals surface area contributed by atoms with Crippen LogP contribution in [0, 0.1) is 0 Å². The number of nitrogens with two attached hydrogens (primary N) is 1. The first-order valence-corrected chi connectivity index (χ1v) is 7.22. The van der Waals surface area contributed by atoms with Crippen LogP contribution in [0.15, 0.2) is 35.7 Å². The smallest absolute Gasteiger partial charge is 0.134 e. The van der Waals surface area contributed by atoms with Crippen molar-refractivity contribution in [1.82, 2.24) is 5.43 Å². The largest absolute Gasteiger partial charge is 0.496 e. The van der Waals surface area contributed by atoms with E-state index in [-0.39, 0.29) is 6.04 Å². The lowest BCUT2D eigenvalue weighted by atomic mass is 9.98. The summed E-state index contributed by atoms with van der Waals surface area (Å²) in [5, 5.41) is 2.01. The van der Waals surface area contributed by atoms with E-state index in [4.69, 9.17) is 10.6 Å². The standard InChI is InChI=1S/C15H20N2OS/c1-10(2)11-4-6-12(7-5-11)14(17-16)15-13(18-3)8-9-19-15/h4-10,14,17H,16H2,1-3H3. The summed E-state index contributed by atoms with van der Waals surface area (Å²) < 4.78 is 5.37. The van der Waals surface area contributed by atoms with Gasteiger partial charge in [0.1, 0.15) is 5.75 Å². The third kappa shape index (κ3) is 2.97. The van der Waals surface area contributed by atoms with Crippen LogP contribution in [-0.4, -0.2) is 7.11 Å². The first-order chi connectivity index (χ1) is 9.17. The lowest BCUT2D eigenvalue weighted by Crippen LogP contribution is -2.28. The Hall–Kier alpha value is -1.36. The summed E-state index contributed by atoms with van der Waals surface area (Å²) in [5.41, 5.74) is 5.35. The van der Waals surface area contributed by atoms with E-state index in [2.05, 4.69) is 43.5 Å². The molecular formula is C15H20N2OS. The summed E-state index contributed by atoms with van der Waals surface area (Å²) in [7, 11) is 1.68. The molecule has 0 aliphatic carbocycles. The molecule has 2 aromatic rings. The minimum atomic E-state index is -0.0313. The van der Waals surface area contributed by atoms with Crippen molar-refractivity contribution in [3.63, 3.8) is 0 Å². The first-order valence-electron chi connectivity index (χ1n) is 6.34. The lowest BCUT2D eigenvalue weighted by Gasteiger charge is -2.17. The van der Waals surface area contributed by atoms with Gasteiger partial charge in [0.15, 0.2) is 0 Å². The number of methoxy groups -OCH3 is 1. The van der Waals surface area contributed by atoms with E-state index in [1.807, 2.05) is 11.4 Å². The van der Waals surface area contributed by atoms with E-state index in [0.717, 1.165) is 16.2 Å². The SMILES string of the molecule is COc1ccsc1C(NN)c1ccc(C(C)C)cc1. The van der Waals surface area contributed by atoms with Crippen LogP contribution in [0.5, 0.6) is 5.75 Å². The number of nitrogens with one attached hydrogen (secondary N) is 1. The fourth-order valence-corrected chi connectivity index (χ4v) is 3.03. The van der Waals surface area contributed by atoms with Gasteiger partial charge >= 0.3 is 0 Å². The quantitative estimate of drug-likeness (QED) is 0.649. The fourth-order valence-electron chi connectivity index (χ4n) is 2.08. The molecule has 3 N–H and O–H groups in total. The van der Waals surface area contributed by atoms with Crippen LogP contribution < -0.4 is 16.0 Å². The summed E-state index contributed by atoms with van der Waals surface area (Å²) in [4.78, 5) is 1.10. The number of ether oxygens (including phenoxy) is 1. The molecule has 0 bridgehead atoms. The summed E-state index contributed by atoms with van der Waals surface area (Å²) in [6.45, 7) is 4.38. The Balaban J connectivity index is 2.32. The zero-order valence-corrected chi connectivity index (χ0v) is 12.3. The highest BCUT2D eigenvalue weighted by Crippen LogP contribution is 2.34. The van der Waals surface area contributed by atoms with Crippen LogP contribution >= 0.6 is 11.3 Å². The number of benzene rings is 1. The molecule has 0 saturated carbocycles. The first kappa shape index (κ1) is 14.1. The Morgan fingerprint density at radius 2 is 1.74 bits per heavy atom. The molecule has 1 atom stereocenters. The minimum absolute atomic E-state index is 0.0313. The van der Waals surface area contributed by atoms with Crippen molar-refractivity contribution in [2.45, 2.75) is 25.8 Å². The molecule has 0 amide bonds. The molecule has 4 heteroatoms. The molecule has 0 fully saturated rings. The van der Waals surface area contributed by atoms with Crippen LogP contribution in [0.1, 0.15) is 41.8 Å². The Morgan fingerprint density at radius 3 is 2.26 bits per heavy atom. The van der Waals surface area contributed by atoms with Crippen molar-refractivity contribution >= 4 is 11.3 Å². The predicted octanol–water partition coefficient (Wildman–Crippen LogP) is 3.43. The van der Waals surface area contributed by atoms with Gasteiger partial charge in [-0.15, -0.1) is 11.3 Å². The second-order valence-electron chi connectivity index (χ2n) is 4.77. The monoisotopic (exact) mass is 276 g/mol. The molecule has 3 nitrogen and oxygen atoms in total. The summed E-state index contributed by atoms with van der Waals surface area (Å²) >= 11 is 1.64. The van der Waals surface area contributed by atoms with Gasteiger partial charge < -0.3 is 4.74 Å². The van der Waals surface area contributed by atoms with Gasteiger partial charge in [0.25, 0.3) is 0 Å². The Morgan fingerprint density at radius 1 is 1.11 bits per heavy atom. The molecule has 1 unspecified atom stereocenters. The summed E-state index contributed by atoms with van der Waals surface area (Å²) in [6, 6.07) is 10.5. The molecule has 102 valence electrons. The number of thiophene rings is 1. The maximum absolute atomic E-state index is 5.72. The van der Waals surface area contributed by atoms with Gasteiger partial charge in [-0.1, -0.05) is 38.1 Å². The van der Waals surface area contributed by atoms with Crippen LogP contribution in [0.2, 0.25) is 0 Å². The Labute approximate surface area is 118 Å². The number of hydrazine groups is 1. The topological polar surface area (TPSA) is 47.3 Å². The molecule has 0 aliphatic heterocycles. The van der Waals surface area contributed by atoms with Gasteiger partial charge in [-0.25, -0.2) is 5.43 Å². The van der Waals surface area contributed by atoms with Crippen molar-refractivity contribution < 1.29 is 4.74 Å².